The predicted octanol–water partition coefficient (Wildman–Crippen LogP) is 3.83. The van der Waals surface area contributed by atoms with Crippen molar-refractivity contribution in [3.63, 3.8) is 0 Å². The standard InChI is InChI=1S/C21H26N2O2.ClH/c22-20-11-5-4-9-18(20)12-13-21(24)23(16-19-10-6-14-25-19)15-17-7-2-1-3-8-17;/h1-5,7-9,11,19H,6,10,12-16,22H2;1H. The summed E-state index contributed by atoms with van der Waals surface area (Å²) in [4.78, 5) is 14.8. The molecule has 1 fully saturated rings. The number of nitrogens with zero attached hydrogens (tertiary/aromatic N) is 1. The van der Waals surface area contributed by atoms with Gasteiger partial charge in [0.2, 0.25) is 5.91 Å². The maximum atomic E-state index is 12.8. The minimum absolute atomic E-state index is 0. The maximum Gasteiger partial charge on any atom is 0.223 e. The number of rotatable bonds is 7. The summed E-state index contributed by atoms with van der Waals surface area (Å²) in [6, 6.07) is 17.9. The van der Waals surface area contributed by atoms with Crippen molar-refractivity contribution >= 4 is 24.0 Å². The fourth-order valence-corrected chi connectivity index (χ4v) is 3.25. The SMILES string of the molecule is Cl.Nc1ccccc1CCC(=O)N(Cc1ccccc1)CC1CCCO1. The molecule has 2 aromatic carbocycles. The minimum atomic E-state index is 0. The highest BCUT2D eigenvalue weighted by Crippen LogP contribution is 2.18. The van der Waals surface area contributed by atoms with Gasteiger partial charge in [0.05, 0.1) is 6.10 Å². The van der Waals surface area contributed by atoms with Crippen molar-refractivity contribution in [2.24, 2.45) is 0 Å². The van der Waals surface area contributed by atoms with Gasteiger partial charge in [-0.1, -0.05) is 48.5 Å². The summed E-state index contributed by atoms with van der Waals surface area (Å²) in [5, 5.41) is 0. The highest BCUT2D eigenvalue weighted by molar-refractivity contribution is 5.85. The van der Waals surface area contributed by atoms with Crippen LogP contribution in [-0.4, -0.2) is 30.1 Å². The van der Waals surface area contributed by atoms with Crippen LogP contribution in [0.25, 0.3) is 0 Å². The molecule has 0 aliphatic carbocycles. The first-order chi connectivity index (χ1) is 12.2. The fraction of sp³-hybridized carbons (Fsp3) is 0.381. The number of para-hydroxylation sites is 1. The Morgan fingerprint density at radius 2 is 1.85 bits per heavy atom. The zero-order valence-electron chi connectivity index (χ0n) is 15.0. The van der Waals surface area contributed by atoms with Crippen molar-refractivity contribution in [2.45, 2.75) is 38.3 Å². The first-order valence-corrected chi connectivity index (χ1v) is 8.99. The minimum Gasteiger partial charge on any atom is -0.399 e. The molecule has 1 atom stereocenters. The number of anilines is 1. The van der Waals surface area contributed by atoms with Gasteiger partial charge in [-0.05, 0) is 36.5 Å². The molecule has 0 bridgehead atoms. The summed E-state index contributed by atoms with van der Waals surface area (Å²) in [6.07, 6.45) is 3.41. The van der Waals surface area contributed by atoms with Gasteiger partial charge in [0.25, 0.3) is 0 Å². The van der Waals surface area contributed by atoms with Crippen molar-refractivity contribution in [3.8, 4) is 0 Å². The van der Waals surface area contributed by atoms with E-state index in [2.05, 4.69) is 12.1 Å². The third-order valence-electron chi connectivity index (χ3n) is 4.68. The van der Waals surface area contributed by atoms with Crippen molar-refractivity contribution in [1.82, 2.24) is 4.90 Å². The Balaban J connectivity index is 0.00000243. The van der Waals surface area contributed by atoms with Crippen LogP contribution in [0.2, 0.25) is 0 Å². The summed E-state index contributed by atoms with van der Waals surface area (Å²) < 4.78 is 5.74. The second-order valence-electron chi connectivity index (χ2n) is 6.59. The zero-order chi connectivity index (χ0) is 17.5. The normalized spacial score (nSPS) is 16.1. The Morgan fingerprint density at radius 3 is 2.54 bits per heavy atom. The maximum absolute atomic E-state index is 12.8. The summed E-state index contributed by atoms with van der Waals surface area (Å²) in [5.41, 5.74) is 8.93. The van der Waals surface area contributed by atoms with Gasteiger partial charge in [-0.25, -0.2) is 0 Å². The first kappa shape index (κ1) is 20.3. The van der Waals surface area contributed by atoms with Gasteiger partial charge in [0, 0.05) is 31.8 Å². The van der Waals surface area contributed by atoms with Gasteiger partial charge in [0.15, 0.2) is 0 Å². The Labute approximate surface area is 161 Å². The van der Waals surface area contributed by atoms with Crippen LogP contribution in [0.3, 0.4) is 0 Å². The van der Waals surface area contributed by atoms with E-state index >= 15 is 0 Å². The van der Waals surface area contributed by atoms with Gasteiger partial charge >= 0.3 is 0 Å². The molecule has 0 radical (unpaired) electrons. The summed E-state index contributed by atoms with van der Waals surface area (Å²) in [6.45, 7) is 2.10. The molecule has 1 aliphatic rings. The van der Waals surface area contributed by atoms with Crippen LogP contribution >= 0.6 is 12.4 Å². The molecule has 0 saturated carbocycles. The second-order valence-corrected chi connectivity index (χ2v) is 6.59. The van der Waals surface area contributed by atoms with Crippen molar-refractivity contribution in [1.29, 1.82) is 0 Å². The average molecular weight is 375 g/mol. The lowest BCUT2D eigenvalue weighted by Gasteiger charge is -2.26. The predicted molar refractivity (Wildman–Crippen MR) is 107 cm³/mol. The van der Waals surface area contributed by atoms with E-state index < -0.39 is 0 Å². The van der Waals surface area contributed by atoms with Gasteiger partial charge in [-0.2, -0.15) is 0 Å². The van der Waals surface area contributed by atoms with Crippen LogP contribution in [0.15, 0.2) is 54.6 Å². The molecule has 140 valence electrons. The smallest absolute Gasteiger partial charge is 0.223 e. The highest BCUT2D eigenvalue weighted by Gasteiger charge is 2.22. The van der Waals surface area contributed by atoms with Crippen molar-refractivity contribution < 1.29 is 9.53 Å². The van der Waals surface area contributed by atoms with Gasteiger partial charge < -0.3 is 15.4 Å². The molecule has 1 saturated heterocycles. The lowest BCUT2D eigenvalue weighted by Crippen LogP contribution is -2.37. The Kier molecular flexibility index (Phi) is 7.95. The van der Waals surface area contributed by atoms with Gasteiger partial charge in [-0.3, -0.25) is 4.79 Å². The number of carbonyl (C=O) groups is 1. The lowest BCUT2D eigenvalue weighted by molar-refractivity contribution is -0.133. The van der Waals surface area contributed by atoms with E-state index in [1.54, 1.807) is 0 Å². The second kappa shape index (κ2) is 10.2. The van der Waals surface area contributed by atoms with Crippen LogP contribution < -0.4 is 5.73 Å². The molecule has 1 unspecified atom stereocenters. The summed E-state index contributed by atoms with van der Waals surface area (Å²) in [5.74, 6) is 0.155. The van der Waals surface area contributed by atoms with E-state index in [9.17, 15) is 4.79 Å². The van der Waals surface area contributed by atoms with Crippen LogP contribution in [0, 0.1) is 0 Å². The number of benzene rings is 2. The number of carbonyl (C=O) groups excluding carboxylic acids is 1. The molecule has 1 heterocycles. The van der Waals surface area contributed by atoms with E-state index in [-0.39, 0.29) is 24.4 Å². The number of hydrogen-bond donors (Lipinski definition) is 1. The number of aryl methyl sites for hydroxylation is 1. The largest absolute Gasteiger partial charge is 0.399 e. The van der Waals surface area contributed by atoms with E-state index in [1.807, 2.05) is 47.4 Å². The van der Waals surface area contributed by atoms with E-state index in [4.69, 9.17) is 10.5 Å². The van der Waals surface area contributed by atoms with Gasteiger partial charge in [-0.15, -0.1) is 12.4 Å². The van der Waals surface area contributed by atoms with Crippen LogP contribution in [-0.2, 0) is 22.5 Å². The average Bonchev–Trinajstić information content (AvgIpc) is 3.14. The molecule has 1 aliphatic heterocycles. The van der Waals surface area contributed by atoms with Crippen LogP contribution in [0.4, 0.5) is 5.69 Å². The molecule has 26 heavy (non-hydrogen) atoms. The Morgan fingerprint density at radius 1 is 1.12 bits per heavy atom. The molecule has 0 aromatic heterocycles. The zero-order valence-corrected chi connectivity index (χ0v) is 15.8. The summed E-state index contributed by atoms with van der Waals surface area (Å²) in [7, 11) is 0. The number of amides is 1. The molecule has 2 N–H and O–H groups in total. The number of hydrogen-bond acceptors (Lipinski definition) is 3. The Bertz CT molecular complexity index is 687. The molecule has 5 heteroatoms. The molecule has 3 rings (SSSR count). The molecular weight excluding hydrogens is 348 g/mol. The number of ether oxygens (including phenoxy) is 1. The quantitative estimate of drug-likeness (QED) is 0.749. The number of nitrogens with two attached hydrogens (primary N) is 1. The monoisotopic (exact) mass is 374 g/mol. The van der Waals surface area contributed by atoms with Crippen molar-refractivity contribution in [2.75, 3.05) is 18.9 Å². The van der Waals surface area contributed by atoms with Crippen LogP contribution in [0.1, 0.15) is 30.4 Å². The molecule has 4 nitrogen and oxygen atoms in total. The fourth-order valence-electron chi connectivity index (χ4n) is 3.25. The van der Waals surface area contributed by atoms with Crippen molar-refractivity contribution in [3.05, 3.63) is 65.7 Å². The summed E-state index contributed by atoms with van der Waals surface area (Å²) >= 11 is 0. The highest BCUT2D eigenvalue weighted by atomic mass is 35.5. The first-order valence-electron chi connectivity index (χ1n) is 8.99. The van der Waals surface area contributed by atoms with E-state index in [0.717, 1.165) is 36.3 Å². The van der Waals surface area contributed by atoms with E-state index in [0.29, 0.717) is 25.9 Å². The number of halogens is 1. The molecule has 1 amide bonds. The molecule has 0 spiro atoms. The lowest BCUT2D eigenvalue weighted by atomic mass is 10.1. The third kappa shape index (κ3) is 5.75. The third-order valence-corrected chi connectivity index (χ3v) is 4.68. The van der Waals surface area contributed by atoms with Crippen LogP contribution in [0.5, 0.6) is 0 Å². The topological polar surface area (TPSA) is 55.6 Å². The van der Waals surface area contributed by atoms with E-state index in [1.165, 1.54) is 0 Å². The number of nitrogen functional groups attached to an aromatic ring is 1. The Hall–Kier alpha value is -2.04. The van der Waals surface area contributed by atoms with Gasteiger partial charge in [0.1, 0.15) is 0 Å². The molecule has 2 aromatic rings. The molecular formula is C21H27ClN2O2.